The third-order valence-corrected chi connectivity index (χ3v) is 0.985. The Hall–Kier alpha value is -0.530. The third-order valence-electron chi connectivity index (χ3n) is 0.704. The van der Waals surface area contributed by atoms with Crippen molar-refractivity contribution in [2.24, 2.45) is 5.73 Å². The monoisotopic (exact) mass is 143 g/mol. The molecule has 9 heavy (non-hydrogen) atoms. The van der Waals surface area contributed by atoms with E-state index in [0.717, 1.165) is 0 Å². The molecule has 0 radical (unpaired) electrons. The van der Waals surface area contributed by atoms with Crippen LogP contribution in [0.1, 0.15) is 0 Å². The Morgan fingerprint density at radius 3 is 2.78 bits per heavy atom. The van der Waals surface area contributed by atoms with Gasteiger partial charge in [-0.1, -0.05) is 36.4 Å². The Morgan fingerprint density at radius 2 is 2.33 bits per heavy atom. The highest BCUT2D eigenvalue weighted by molar-refractivity contribution is 6.31. The van der Waals surface area contributed by atoms with Crippen molar-refractivity contribution in [3.8, 4) is 0 Å². The molecule has 0 spiro atoms. The molecular formula is C7H10ClN. The van der Waals surface area contributed by atoms with Gasteiger partial charge in [-0.05, 0) is 6.08 Å². The summed E-state index contributed by atoms with van der Waals surface area (Å²) in [6.07, 6.45) is 6.88. The van der Waals surface area contributed by atoms with Crippen LogP contribution in [0, 0.1) is 0 Å². The van der Waals surface area contributed by atoms with Crippen molar-refractivity contribution in [2.75, 3.05) is 6.54 Å². The van der Waals surface area contributed by atoms with Gasteiger partial charge in [0.2, 0.25) is 0 Å². The van der Waals surface area contributed by atoms with Crippen molar-refractivity contribution in [1.82, 2.24) is 0 Å². The molecule has 0 fully saturated rings. The van der Waals surface area contributed by atoms with E-state index in [9.17, 15) is 0 Å². The first kappa shape index (κ1) is 8.47. The number of allylic oxidation sites excluding steroid dienone is 4. The number of hydrogen-bond donors (Lipinski definition) is 1. The van der Waals surface area contributed by atoms with Crippen LogP contribution in [0.15, 0.2) is 35.9 Å². The first-order chi connectivity index (χ1) is 4.31. The normalized spacial score (nSPS) is 12.4. The first-order valence-electron chi connectivity index (χ1n) is 2.66. The molecule has 2 N–H and O–H groups in total. The van der Waals surface area contributed by atoms with Crippen LogP contribution in [0.4, 0.5) is 0 Å². The summed E-state index contributed by atoms with van der Waals surface area (Å²) in [5.74, 6) is 0. The molecule has 0 saturated heterocycles. The van der Waals surface area contributed by atoms with Gasteiger partial charge in [0.25, 0.3) is 0 Å². The molecule has 2 heteroatoms. The zero-order valence-corrected chi connectivity index (χ0v) is 5.93. The summed E-state index contributed by atoms with van der Waals surface area (Å²) in [7, 11) is 0. The number of rotatable bonds is 3. The molecule has 0 aromatic carbocycles. The van der Waals surface area contributed by atoms with Crippen molar-refractivity contribution in [3.05, 3.63) is 35.9 Å². The fourth-order valence-corrected chi connectivity index (χ4v) is 0.502. The van der Waals surface area contributed by atoms with Crippen LogP contribution in [0.3, 0.4) is 0 Å². The molecule has 0 aromatic heterocycles. The smallest absolute Gasteiger partial charge is 0.0378 e. The number of hydrogen-bond acceptors (Lipinski definition) is 1. The molecule has 0 unspecified atom stereocenters. The van der Waals surface area contributed by atoms with Crippen LogP contribution in [-0.4, -0.2) is 6.54 Å². The maximum Gasteiger partial charge on any atom is 0.0378 e. The topological polar surface area (TPSA) is 26.0 Å². The minimum Gasteiger partial charge on any atom is -0.327 e. The van der Waals surface area contributed by atoms with Gasteiger partial charge < -0.3 is 5.73 Å². The van der Waals surface area contributed by atoms with Crippen molar-refractivity contribution >= 4 is 11.6 Å². The summed E-state index contributed by atoms with van der Waals surface area (Å²) in [5, 5.41) is 0.650. The van der Waals surface area contributed by atoms with E-state index in [1.807, 2.05) is 0 Å². The predicted octanol–water partition coefficient (Wildman–Crippen LogP) is 1.81. The summed E-state index contributed by atoms with van der Waals surface area (Å²) in [5.41, 5.74) is 5.18. The van der Waals surface area contributed by atoms with Gasteiger partial charge in [0.1, 0.15) is 0 Å². The average molecular weight is 144 g/mol. The Bertz CT molecular complexity index is 136. The van der Waals surface area contributed by atoms with Gasteiger partial charge in [0.15, 0.2) is 0 Å². The summed E-state index contributed by atoms with van der Waals surface area (Å²) in [4.78, 5) is 0. The second-order valence-corrected chi connectivity index (χ2v) is 1.86. The molecule has 0 heterocycles. The van der Waals surface area contributed by atoms with Gasteiger partial charge in [0.05, 0.1) is 0 Å². The van der Waals surface area contributed by atoms with E-state index in [0.29, 0.717) is 11.6 Å². The number of nitrogens with two attached hydrogens (primary N) is 1. The zero-order chi connectivity index (χ0) is 7.11. The molecule has 1 nitrogen and oxygen atoms in total. The lowest BCUT2D eigenvalue weighted by molar-refractivity contribution is 1.25. The van der Waals surface area contributed by atoms with Gasteiger partial charge in [0, 0.05) is 11.6 Å². The van der Waals surface area contributed by atoms with E-state index in [4.69, 9.17) is 17.3 Å². The van der Waals surface area contributed by atoms with Crippen molar-refractivity contribution in [1.29, 1.82) is 0 Å². The van der Waals surface area contributed by atoms with E-state index in [1.54, 1.807) is 24.3 Å². The highest BCUT2D eigenvalue weighted by Gasteiger charge is 1.78. The van der Waals surface area contributed by atoms with Gasteiger partial charge in [-0.3, -0.25) is 0 Å². The zero-order valence-electron chi connectivity index (χ0n) is 5.18. The summed E-state index contributed by atoms with van der Waals surface area (Å²) in [6, 6.07) is 0. The van der Waals surface area contributed by atoms with Crippen LogP contribution in [0.2, 0.25) is 0 Å². The van der Waals surface area contributed by atoms with Gasteiger partial charge in [-0.2, -0.15) is 0 Å². The quantitative estimate of drug-likeness (QED) is 0.600. The molecular weight excluding hydrogens is 134 g/mol. The van der Waals surface area contributed by atoms with Crippen molar-refractivity contribution in [3.63, 3.8) is 0 Å². The summed E-state index contributed by atoms with van der Waals surface area (Å²) < 4.78 is 0. The fourth-order valence-electron chi connectivity index (χ4n) is 0.341. The van der Waals surface area contributed by atoms with Crippen LogP contribution in [0.5, 0.6) is 0 Å². The largest absolute Gasteiger partial charge is 0.327 e. The minimum absolute atomic E-state index is 0.473. The average Bonchev–Trinajstić information content (AvgIpc) is 1.85. The lowest BCUT2D eigenvalue weighted by Gasteiger charge is -1.83. The van der Waals surface area contributed by atoms with Crippen molar-refractivity contribution < 1.29 is 0 Å². The maximum absolute atomic E-state index is 5.61. The van der Waals surface area contributed by atoms with E-state index < -0.39 is 0 Å². The van der Waals surface area contributed by atoms with E-state index in [2.05, 4.69) is 6.58 Å². The Morgan fingerprint density at radius 1 is 1.67 bits per heavy atom. The fraction of sp³-hybridized carbons (Fsp3) is 0.143. The molecule has 0 saturated carbocycles. The van der Waals surface area contributed by atoms with Crippen LogP contribution >= 0.6 is 11.6 Å². The molecule has 0 rings (SSSR count). The highest BCUT2D eigenvalue weighted by Crippen LogP contribution is 2.00. The van der Waals surface area contributed by atoms with Gasteiger partial charge in [-0.15, -0.1) is 0 Å². The lowest BCUT2D eigenvalue weighted by Crippen LogP contribution is -1.92. The second kappa shape index (κ2) is 5.60. The van der Waals surface area contributed by atoms with Crippen LogP contribution in [0.25, 0.3) is 0 Å². The highest BCUT2D eigenvalue weighted by atomic mass is 35.5. The predicted molar refractivity (Wildman–Crippen MR) is 42.3 cm³/mol. The van der Waals surface area contributed by atoms with Gasteiger partial charge in [-0.25, -0.2) is 0 Å². The van der Waals surface area contributed by atoms with Crippen LogP contribution < -0.4 is 5.73 Å². The molecule has 0 atom stereocenters. The van der Waals surface area contributed by atoms with Crippen molar-refractivity contribution in [2.45, 2.75) is 0 Å². The maximum atomic E-state index is 5.61. The standard InChI is InChI=1S/C7H10ClN/c1-2-3-4-7(8)5-6-9/h2-5H,1,6,9H2/b4-3-,7-5+. The van der Waals surface area contributed by atoms with E-state index >= 15 is 0 Å². The summed E-state index contributed by atoms with van der Waals surface area (Å²) >= 11 is 5.61. The van der Waals surface area contributed by atoms with E-state index in [1.165, 1.54) is 0 Å². The summed E-state index contributed by atoms with van der Waals surface area (Å²) in [6.45, 7) is 3.96. The van der Waals surface area contributed by atoms with Gasteiger partial charge >= 0.3 is 0 Å². The molecule has 0 bridgehead atoms. The molecule has 0 aliphatic rings. The second-order valence-electron chi connectivity index (χ2n) is 1.42. The molecule has 0 aliphatic heterocycles. The Kier molecular flexibility index (Phi) is 5.27. The molecule has 0 aliphatic carbocycles. The van der Waals surface area contributed by atoms with E-state index in [-0.39, 0.29) is 0 Å². The first-order valence-corrected chi connectivity index (χ1v) is 3.04. The third kappa shape index (κ3) is 5.34. The Balaban J connectivity index is 3.74. The lowest BCUT2D eigenvalue weighted by atomic mass is 10.4. The number of halogens is 1. The molecule has 50 valence electrons. The minimum atomic E-state index is 0.473. The Labute approximate surface area is 60.5 Å². The molecule has 0 aromatic rings. The molecule has 0 amide bonds. The SMILES string of the molecule is C=C/C=C\C(Cl)=C/CN. The van der Waals surface area contributed by atoms with Crippen LogP contribution in [-0.2, 0) is 0 Å².